The van der Waals surface area contributed by atoms with Gasteiger partial charge in [-0.1, -0.05) is 23.7 Å². The first kappa shape index (κ1) is 11.9. The number of benzene rings is 1. The molecule has 0 radical (unpaired) electrons. The zero-order valence-corrected chi connectivity index (χ0v) is 10.6. The van der Waals surface area contributed by atoms with Crippen LogP contribution in [0.1, 0.15) is 24.5 Å². The van der Waals surface area contributed by atoms with Gasteiger partial charge in [-0.25, -0.2) is 0 Å². The van der Waals surface area contributed by atoms with Gasteiger partial charge in [0.2, 0.25) is 0 Å². The average Bonchev–Trinajstić information content (AvgIpc) is 2.66. The first-order valence-corrected chi connectivity index (χ1v) is 6.14. The van der Waals surface area contributed by atoms with Gasteiger partial charge in [-0.2, -0.15) is 0 Å². The molecule has 0 spiro atoms. The molecule has 16 heavy (non-hydrogen) atoms. The van der Waals surface area contributed by atoms with Crippen LogP contribution in [0, 0.1) is 6.92 Å². The van der Waals surface area contributed by atoms with Crippen LogP contribution in [0.25, 0.3) is 0 Å². The zero-order valence-electron chi connectivity index (χ0n) is 9.79. The molecule has 0 amide bonds. The lowest BCUT2D eigenvalue weighted by Gasteiger charge is -2.16. The van der Waals surface area contributed by atoms with Crippen molar-refractivity contribution in [2.75, 3.05) is 6.61 Å². The summed E-state index contributed by atoms with van der Waals surface area (Å²) in [6, 6.07) is 6.69. The second-order valence-electron chi connectivity index (χ2n) is 4.44. The Hall–Kier alpha value is -0.570. The van der Waals surface area contributed by atoms with Crippen molar-refractivity contribution in [3.63, 3.8) is 0 Å². The molecule has 2 rings (SSSR count). The molecule has 1 heterocycles. The van der Waals surface area contributed by atoms with Crippen LogP contribution in [0.4, 0.5) is 0 Å². The Kier molecular flexibility index (Phi) is 3.85. The smallest absolute Gasteiger partial charge is 0.0700 e. The van der Waals surface area contributed by atoms with E-state index in [1.807, 2.05) is 13.0 Å². The minimum Gasteiger partial charge on any atom is -0.377 e. The van der Waals surface area contributed by atoms with E-state index >= 15 is 0 Å². The van der Waals surface area contributed by atoms with Crippen LogP contribution >= 0.6 is 11.6 Å². The first-order chi connectivity index (χ1) is 7.66. The van der Waals surface area contributed by atoms with Gasteiger partial charge >= 0.3 is 0 Å². The van der Waals surface area contributed by atoms with Gasteiger partial charge in [0, 0.05) is 24.2 Å². The van der Waals surface area contributed by atoms with Crippen LogP contribution in [0.5, 0.6) is 0 Å². The molecule has 1 N–H and O–H groups in total. The van der Waals surface area contributed by atoms with Crippen molar-refractivity contribution in [3.8, 4) is 0 Å². The number of hydrogen-bond acceptors (Lipinski definition) is 2. The minimum absolute atomic E-state index is 0.320. The van der Waals surface area contributed by atoms with Gasteiger partial charge in [0.25, 0.3) is 0 Å². The number of halogens is 1. The van der Waals surface area contributed by atoms with Gasteiger partial charge < -0.3 is 10.1 Å². The fourth-order valence-electron chi connectivity index (χ4n) is 2.00. The highest BCUT2D eigenvalue weighted by Gasteiger charge is 2.23. The summed E-state index contributed by atoms with van der Waals surface area (Å²) in [5, 5.41) is 4.35. The van der Waals surface area contributed by atoms with Gasteiger partial charge in [0.1, 0.15) is 0 Å². The molecular weight excluding hydrogens is 222 g/mol. The van der Waals surface area contributed by atoms with Gasteiger partial charge in [0.05, 0.1) is 6.10 Å². The third kappa shape index (κ3) is 2.76. The van der Waals surface area contributed by atoms with Gasteiger partial charge in [-0.15, -0.1) is 0 Å². The number of rotatable bonds is 3. The monoisotopic (exact) mass is 239 g/mol. The minimum atomic E-state index is 0.320. The molecule has 88 valence electrons. The van der Waals surface area contributed by atoms with Crippen molar-refractivity contribution in [2.24, 2.45) is 0 Å². The number of ether oxygens (including phenoxy) is 1. The quantitative estimate of drug-likeness (QED) is 0.876. The lowest BCUT2D eigenvalue weighted by Crippen LogP contribution is -2.34. The Labute approximate surface area is 102 Å². The Bertz CT molecular complexity index is 367. The molecule has 0 saturated carbocycles. The number of aryl methyl sites for hydroxylation is 1. The number of hydrogen-bond donors (Lipinski definition) is 1. The van der Waals surface area contributed by atoms with Crippen LogP contribution in [0.2, 0.25) is 5.02 Å². The molecule has 2 atom stereocenters. The molecule has 0 aromatic heterocycles. The summed E-state index contributed by atoms with van der Waals surface area (Å²) >= 11 is 6.09. The predicted octanol–water partition coefficient (Wildman–Crippen LogP) is 2.92. The second-order valence-corrected chi connectivity index (χ2v) is 4.84. The van der Waals surface area contributed by atoms with Crippen LogP contribution in [0.15, 0.2) is 18.2 Å². The normalized spacial score (nSPS) is 24.9. The van der Waals surface area contributed by atoms with Crippen molar-refractivity contribution >= 4 is 11.6 Å². The summed E-state index contributed by atoms with van der Waals surface area (Å²) < 4.78 is 5.51. The maximum atomic E-state index is 6.09. The molecular formula is C13H18ClNO. The van der Waals surface area contributed by atoms with E-state index in [-0.39, 0.29) is 0 Å². The van der Waals surface area contributed by atoms with Crippen LogP contribution in [-0.4, -0.2) is 18.8 Å². The first-order valence-electron chi connectivity index (χ1n) is 5.77. The third-order valence-corrected chi connectivity index (χ3v) is 3.59. The molecule has 1 aliphatic rings. The summed E-state index contributed by atoms with van der Waals surface area (Å²) in [6.45, 7) is 5.87. The molecule has 1 aliphatic heterocycles. The lowest BCUT2D eigenvalue weighted by molar-refractivity contribution is 0.113. The zero-order chi connectivity index (χ0) is 11.5. The predicted molar refractivity (Wildman–Crippen MR) is 66.8 cm³/mol. The van der Waals surface area contributed by atoms with E-state index in [1.165, 1.54) is 5.56 Å². The standard InChI is InChI=1S/C13H18ClNO/c1-9-3-4-11(7-12(9)14)8-15-13-5-6-16-10(13)2/h3-4,7,10,13,15H,5-6,8H2,1-2H3. The molecule has 3 heteroatoms. The molecule has 0 aliphatic carbocycles. The molecule has 2 unspecified atom stereocenters. The highest BCUT2D eigenvalue weighted by atomic mass is 35.5. The topological polar surface area (TPSA) is 21.3 Å². The van der Waals surface area contributed by atoms with Crippen molar-refractivity contribution in [1.29, 1.82) is 0 Å². The van der Waals surface area contributed by atoms with Crippen molar-refractivity contribution < 1.29 is 4.74 Å². The van der Waals surface area contributed by atoms with Crippen LogP contribution < -0.4 is 5.32 Å². The van der Waals surface area contributed by atoms with Gasteiger partial charge in [0.15, 0.2) is 0 Å². The van der Waals surface area contributed by atoms with Crippen LogP contribution in [0.3, 0.4) is 0 Å². The van der Waals surface area contributed by atoms with Crippen LogP contribution in [-0.2, 0) is 11.3 Å². The Morgan fingerprint density at radius 2 is 2.31 bits per heavy atom. The molecule has 1 fully saturated rings. The molecule has 1 aromatic rings. The Morgan fingerprint density at radius 1 is 1.50 bits per heavy atom. The summed E-state index contributed by atoms with van der Waals surface area (Å²) in [5.41, 5.74) is 2.36. The maximum absolute atomic E-state index is 6.09. The van der Waals surface area contributed by atoms with E-state index in [2.05, 4.69) is 24.4 Å². The van der Waals surface area contributed by atoms with E-state index in [4.69, 9.17) is 16.3 Å². The SMILES string of the molecule is Cc1ccc(CNC2CCOC2C)cc1Cl. The summed E-state index contributed by atoms with van der Waals surface area (Å²) in [6.07, 6.45) is 1.42. The molecule has 2 nitrogen and oxygen atoms in total. The Balaban J connectivity index is 1.91. The lowest BCUT2D eigenvalue weighted by atomic mass is 10.1. The summed E-state index contributed by atoms with van der Waals surface area (Å²) in [7, 11) is 0. The summed E-state index contributed by atoms with van der Waals surface area (Å²) in [4.78, 5) is 0. The maximum Gasteiger partial charge on any atom is 0.0700 e. The van der Waals surface area contributed by atoms with E-state index < -0.39 is 0 Å². The largest absolute Gasteiger partial charge is 0.377 e. The summed E-state index contributed by atoms with van der Waals surface area (Å²) in [5.74, 6) is 0. The third-order valence-electron chi connectivity index (χ3n) is 3.18. The highest BCUT2D eigenvalue weighted by molar-refractivity contribution is 6.31. The fourth-order valence-corrected chi connectivity index (χ4v) is 2.20. The van der Waals surface area contributed by atoms with Crippen molar-refractivity contribution in [2.45, 2.75) is 39.0 Å². The van der Waals surface area contributed by atoms with Gasteiger partial charge in [-0.05, 0) is 37.5 Å². The van der Waals surface area contributed by atoms with E-state index in [0.717, 1.165) is 30.2 Å². The molecule has 1 saturated heterocycles. The van der Waals surface area contributed by atoms with Gasteiger partial charge in [-0.3, -0.25) is 0 Å². The van der Waals surface area contributed by atoms with Crippen molar-refractivity contribution in [1.82, 2.24) is 5.32 Å². The Morgan fingerprint density at radius 3 is 2.94 bits per heavy atom. The number of nitrogens with one attached hydrogen (secondary N) is 1. The van der Waals surface area contributed by atoms with E-state index in [9.17, 15) is 0 Å². The highest BCUT2D eigenvalue weighted by Crippen LogP contribution is 2.18. The van der Waals surface area contributed by atoms with E-state index in [1.54, 1.807) is 0 Å². The average molecular weight is 240 g/mol. The second kappa shape index (κ2) is 5.17. The van der Waals surface area contributed by atoms with Crippen molar-refractivity contribution in [3.05, 3.63) is 34.3 Å². The molecule has 0 bridgehead atoms. The molecule has 1 aromatic carbocycles. The fraction of sp³-hybridized carbons (Fsp3) is 0.538. The van der Waals surface area contributed by atoms with E-state index in [0.29, 0.717) is 12.1 Å².